The number of non-ortho nitro benzene ring substituents is 1. The summed E-state index contributed by atoms with van der Waals surface area (Å²) in [5.74, 6) is -1.29. The quantitative estimate of drug-likeness (QED) is 0.405. The fourth-order valence-corrected chi connectivity index (χ4v) is 2.73. The number of amides is 3. The molecule has 140 valence electrons. The van der Waals surface area contributed by atoms with Gasteiger partial charge in [0, 0.05) is 22.7 Å². The lowest BCUT2D eigenvalue weighted by molar-refractivity contribution is -0.384. The Balaban J connectivity index is 2.08. The molecule has 0 bridgehead atoms. The van der Waals surface area contributed by atoms with E-state index < -0.39 is 28.0 Å². The molecule has 0 aromatic heterocycles. The molecular formula is C17H16N4O5S. The van der Waals surface area contributed by atoms with Gasteiger partial charge in [0.05, 0.1) is 16.5 Å². The van der Waals surface area contributed by atoms with E-state index >= 15 is 0 Å². The molecule has 0 aliphatic heterocycles. The highest BCUT2D eigenvalue weighted by Gasteiger charge is 2.18. The number of benzene rings is 2. The van der Waals surface area contributed by atoms with Crippen LogP contribution in [0.25, 0.3) is 0 Å². The predicted molar refractivity (Wildman–Crippen MR) is 101 cm³/mol. The minimum atomic E-state index is -0.848. The van der Waals surface area contributed by atoms with Crippen molar-refractivity contribution in [3.05, 3.63) is 64.2 Å². The van der Waals surface area contributed by atoms with Crippen LogP contribution in [0.4, 0.5) is 16.2 Å². The van der Waals surface area contributed by atoms with Crippen molar-refractivity contribution in [2.75, 3.05) is 5.32 Å². The van der Waals surface area contributed by atoms with E-state index in [1.54, 1.807) is 18.2 Å². The molecule has 1 atom stereocenters. The Morgan fingerprint density at radius 3 is 2.33 bits per heavy atom. The predicted octanol–water partition coefficient (Wildman–Crippen LogP) is 2.52. The maximum absolute atomic E-state index is 12.2. The van der Waals surface area contributed by atoms with Crippen LogP contribution in [-0.4, -0.2) is 28.0 Å². The molecule has 4 N–H and O–H groups in total. The molecule has 10 heteroatoms. The molecule has 3 amide bonds. The zero-order chi connectivity index (χ0) is 20.0. The van der Waals surface area contributed by atoms with E-state index in [1.165, 1.54) is 37.3 Å². The van der Waals surface area contributed by atoms with Gasteiger partial charge in [0.2, 0.25) is 5.91 Å². The first-order chi connectivity index (χ1) is 12.8. The Hall–Kier alpha value is -3.24. The Labute approximate surface area is 158 Å². The number of carbonyl (C=O) groups is 3. The smallest absolute Gasteiger partial charge is 0.288 e. The minimum absolute atomic E-state index is 0.0959. The molecule has 0 saturated heterocycles. The van der Waals surface area contributed by atoms with Gasteiger partial charge in [0.1, 0.15) is 0 Å². The van der Waals surface area contributed by atoms with Crippen LogP contribution in [-0.2, 0) is 4.79 Å². The lowest BCUT2D eigenvalue weighted by Crippen LogP contribution is -2.41. The fraction of sp³-hybridized carbons (Fsp3) is 0.118. The van der Waals surface area contributed by atoms with Gasteiger partial charge in [-0.3, -0.25) is 29.8 Å². The van der Waals surface area contributed by atoms with Crippen LogP contribution in [0.15, 0.2) is 53.4 Å². The number of thioether (sulfide) groups is 1. The molecule has 0 spiro atoms. The van der Waals surface area contributed by atoms with Gasteiger partial charge in [-0.15, -0.1) is 0 Å². The first-order valence-electron chi connectivity index (χ1n) is 7.71. The lowest BCUT2D eigenvalue weighted by Gasteiger charge is -2.10. The standard InChI is InChI=1S/C17H16N4O5S/c1-10(18)15(22)20-16(23)13-4-2-3-5-14(13)27-17(24)19-11-6-8-12(9-7-11)21(25)26/h2-10H,18H2,1H3,(H,19,24)(H,20,22,23)/t10-/m1/s1. The molecule has 0 aliphatic carbocycles. The van der Waals surface area contributed by atoms with Gasteiger partial charge in [-0.25, -0.2) is 0 Å². The van der Waals surface area contributed by atoms with Gasteiger partial charge < -0.3 is 11.1 Å². The number of carbonyl (C=O) groups excluding carboxylic acids is 3. The molecule has 0 radical (unpaired) electrons. The molecule has 2 rings (SSSR count). The average Bonchev–Trinajstić information content (AvgIpc) is 2.62. The van der Waals surface area contributed by atoms with Crippen molar-refractivity contribution >= 4 is 40.2 Å². The van der Waals surface area contributed by atoms with Gasteiger partial charge in [-0.05, 0) is 43.0 Å². The van der Waals surface area contributed by atoms with Crippen molar-refractivity contribution in [2.24, 2.45) is 5.73 Å². The highest BCUT2D eigenvalue weighted by Crippen LogP contribution is 2.25. The maximum Gasteiger partial charge on any atom is 0.288 e. The van der Waals surface area contributed by atoms with Gasteiger partial charge >= 0.3 is 0 Å². The Kier molecular flexibility index (Phi) is 6.63. The van der Waals surface area contributed by atoms with Crippen molar-refractivity contribution in [2.45, 2.75) is 17.9 Å². The zero-order valence-electron chi connectivity index (χ0n) is 14.2. The molecule has 0 saturated carbocycles. The van der Waals surface area contributed by atoms with Gasteiger partial charge in [-0.2, -0.15) is 0 Å². The van der Waals surface area contributed by atoms with Crippen molar-refractivity contribution in [3.8, 4) is 0 Å². The zero-order valence-corrected chi connectivity index (χ0v) is 15.0. The van der Waals surface area contributed by atoms with Crippen molar-refractivity contribution in [3.63, 3.8) is 0 Å². The summed E-state index contributed by atoms with van der Waals surface area (Å²) in [5.41, 5.74) is 5.84. The van der Waals surface area contributed by atoms with Crippen LogP contribution >= 0.6 is 11.8 Å². The van der Waals surface area contributed by atoms with E-state index in [0.717, 1.165) is 11.8 Å². The maximum atomic E-state index is 12.2. The first kappa shape index (κ1) is 20.1. The van der Waals surface area contributed by atoms with Crippen molar-refractivity contribution < 1.29 is 19.3 Å². The molecule has 9 nitrogen and oxygen atoms in total. The van der Waals surface area contributed by atoms with E-state index in [0.29, 0.717) is 10.6 Å². The number of nitrogens with two attached hydrogens (primary N) is 1. The van der Waals surface area contributed by atoms with Crippen LogP contribution in [0.3, 0.4) is 0 Å². The van der Waals surface area contributed by atoms with Crippen LogP contribution in [0.1, 0.15) is 17.3 Å². The first-order valence-corrected chi connectivity index (χ1v) is 8.52. The van der Waals surface area contributed by atoms with Crippen LogP contribution < -0.4 is 16.4 Å². The number of hydrogen-bond donors (Lipinski definition) is 3. The molecule has 2 aromatic rings. The number of nitrogens with one attached hydrogen (secondary N) is 2. The topological polar surface area (TPSA) is 144 Å². The van der Waals surface area contributed by atoms with Crippen LogP contribution in [0.5, 0.6) is 0 Å². The summed E-state index contributed by atoms with van der Waals surface area (Å²) < 4.78 is 0. The number of rotatable bonds is 5. The number of anilines is 1. The summed E-state index contributed by atoms with van der Waals surface area (Å²) in [6, 6.07) is 10.8. The Bertz CT molecular complexity index is 883. The summed E-state index contributed by atoms with van der Waals surface area (Å²) in [6.45, 7) is 1.45. The number of nitro benzene ring substituents is 1. The molecule has 0 heterocycles. The van der Waals surface area contributed by atoms with Gasteiger partial charge in [0.25, 0.3) is 16.8 Å². The number of nitro groups is 1. The van der Waals surface area contributed by atoms with E-state index in [2.05, 4.69) is 10.6 Å². The number of nitrogens with zero attached hydrogens (tertiary/aromatic N) is 1. The molecular weight excluding hydrogens is 372 g/mol. The molecule has 2 aromatic carbocycles. The second-order valence-electron chi connectivity index (χ2n) is 5.42. The fourth-order valence-electron chi connectivity index (χ4n) is 1.95. The molecule has 0 aliphatic rings. The van der Waals surface area contributed by atoms with E-state index in [-0.39, 0.29) is 11.3 Å². The summed E-state index contributed by atoms with van der Waals surface area (Å²) in [7, 11) is 0. The third kappa shape index (κ3) is 5.62. The van der Waals surface area contributed by atoms with E-state index in [4.69, 9.17) is 5.73 Å². The number of imide groups is 1. The number of hydrogen-bond acceptors (Lipinski definition) is 7. The van der Waals surface area contributed by atoms with Crippen molar-refractivity contribution in [1.82, 2.24) is 5.32 Å². The van der Waals surface area contributed by atoms with Crippen LogP contribution in [0.2, 0.25) is 0 Å². The normalized spacial score (nSPS) is 11.3. The molecule has 0 fully saturated rings. The molecule has 0 unspecified atom stereocenters. The van der Waals surface area contributed by atoms with Crippen molar-refractivity contribution in [1.29, 1.82) is 0 Å². The Morgan fingerprint density at radius 2 is 1.74 bits per heavy atom. The summed E-state index contributed by atoms with van der Waals surface area (Å²) >= 11 is 0.752. The van der Waals surface area contributed by atoms with Gasteiger partial charge in [-0.1, -0.05) is 12.1 Å². The third-order valence-corrected chi connectivity index (χ3v) is 4.17. The second-order valence-corrected chi connectivity index (χ2v) is 6.44. The SMILES string of the molecule is C[C@@H](N)C(=O)NC(=O)c1ccccc1SC(=O)Nc1ccc([N+](=O)[O-])cc1. The van der Waals surface area contributed by atoms with Gasteiger partial charge in [0.15, 0.2) is 0 Å². The highest BCUT2D eigenvalue weighted by molar-refractivity contribution is 8.14. The largest absolute Gasteiger partial charge is 0.320 e. The summed E-state index contributed by atoms with van der Waals surface area (Å²) in [4.78, 5) is 46.5. The Morgan fingerprint density at radius 1 is 1.11 bits per heavy atom. The lowest BCUT2D eigenvalue weighted by atomic mass is 10.2. The third-order valence-electron chi connectivity index (χ3n) is 3.31. The highest BCUT2D eigenvalue weighted by atomic mass is 32.2. The average molecular weight is 388 g/mol. The summed E-state index contributed by atoms with van der Waals surface area (Å²) in [6.07, 6.45) is 0. The second kappa shape index (κ2) is 8.92. The molecule has 27 heavy (non-hydrogen) atoms. The summed E-state index contributed by atoms with van der Waals surface area (Å²) in [5, 5.41) is 14.9. The monoisotopic (exact) mass is 388 g/mol. The minimum Gasteiger partial charge on any atom is -0.320 e. The van der Waals surface area contributed by atoms with Crippen LogP contribution in [0, 0.1) is 10.1 Å². The van der Waals surface area contributed by atoms with E-state index in [9.17, 15) is 24.5 Å². The van der Waals surface area contributed by atoms with E-state index in [1.807, 2.05) is 0 Å².